The van der Waals surface area contributed by atoms with Crippen LogP contribution in [0.3, 0.4) is 0 Å². The molecule has 1 aliphatic rings. The molecular weight excluding hydrogens is 146 g/mol. The fourth-order valence-electron chi connectivity index (χ4n) is 0.755. The zero-order valence-electron chi connectivity index (χ0n) is 5.62. The maximum absolute atomic E-state index is 5.38. The Morgan fingerprint density at radius 3 is 3.20 bits per heavy atom. The molecule has 0 saturated heterocycles. The van der Waals surface area contributed by atoms with Gasteiger partial charge in [0.05, 0.1) is 6.61 Å². The van der Waals surface area contributed by atoms with Gasteiger partial charge in [0.25, 0.3) is 5.19 Å². The molecule has 1 aromatic heterocycles. The number of hydrogen-bond donors (Lipinski definition) is 0. The Labute approximate surface area is 63.9 Å². The minimum absolute atomic E-state index is 0.812. The molecule has 0 aromatic carbocycles. The molecule has 10 heavy (non-hydrogen) atoms. The standard InChI is InChI=1S/C7H9NOS/c1-2-6(1)5-9-7-8-3-4-10-7/h3-4,6H,1-2,5H2. The van der Waals surface area contributed by atoms with E-state index >= 15 is 0 Å². The van der Waals surface area contributed by atoms with Gasteiger partial charge in [0.1, 0.15) is 0 Å². The molecule has 1 aliphatic carbocycles. The predicted molar refractivity (Wildman–Crippen MR) is 40.3 cm³/mol. The number of thiazole rings is 1. The number of ether oxygens (including phenoxy) is 1. The van der Waals surface area contributed by atoms with Gasteiger partial charge in [0.2, 0.25) is 0 Å². The summed E-state index contributed by atoms with van der Waals surface area (Å²) in [5.41, 5.74) is 0. The Morgan fingerprint density at radius 1 is 1.70 bits per heavy atom. The highest BCUT2D eigenvalue weighted by atomic mass is 32.1. The van der Waals surface area contributed by atoms with Gasteiger partial charge in [-0.1, -0.05) is 11.3 Å². The van der Waals surface area contributed by atoms with Gasteiger partial charge < -0.3 is 4.74 Å². The summed E-state index contributed by atoms with van der Waals surface area (Å²) in [6.45, 7) is 0.869. The molecule has 1 fully saturated rings. The zero-order valence-corrected chi connectivity index (χ0v) is 6.43. The number of hydrogen-bond acceptors (Lipinski definition) is 3. The van der Waals surface area contributed by atoms with Crippen molar-refractivity contribution in [3.63, 3.8) is 0 Å². The molecule has 0 amide bonds. The van der Waals surface area contributed by atoms with E-state index in [1.165, 1.54) is 12.8 Å². The van der Waals surface area contributed by atoms with Gasteiger partial charge in [-0.25, -0.2) is 4.98 Å². The molecule has 0 atom stereocenters. The Hall–Kier alpha value is -0.570. The molecule has 2 nitrogen and oxygen atoms in total. The molecule has 0 N–H and O–H groups in total. The third-order valence-corrected chi connectivity index (χ3v) is 2.23. The van der Waals surface area contributed by atoms with Gasteiger partial charge in [0.15, 0.2) is 0 Å². The van der Waals surface area contributed by atoms with Crippen molar-refractivity contribution in [2.75, 3.05) is 6.61 Å². The molecule has 0 spiro atoms. The van der Waals surface area contributed by atoms with Crippen LogP contribution in [0.1, 0.15) is 12.8 Å². The number of aromatic nitrogens is 1. The smallest absolute Gasteiger partial charge is 0.273 e. The zero-order chi connectivity index (χ0) is 6.81. The lowest BCUT2D eigenvalue weighted by atomic mass is 10.5. The van der Waals surface area contributed by atoms with Crippen molar-refractivity contribution >= 4 is 11.3 Å². The van der Waals surface area contributed by atoms with Crippen LogP contribution in [0.4, 0.5) is 0 Å². The summed E-state index contributed by atoms with van der Waals surface area (Å²) >= 11 is 1.56. The van der Waals surface area contributed by atoms with Crippen molar-refractivity contribution in [1.29, 1.82) is 0 Å². The van der Waals surface area contributed by atoms with Crippen LogP contribution in [0.2, 0.25) is 0 Å². The van der Waals surface area contributed by atoms with Crippen molar-refractivity contribution in [3.05, 3.63) is 11.6 Å². The summed E-state index contributed by atoms with van der Waals surface area (Å²) in [5.74, 6) is 0.823. The van der Waals surface area contributed by atoms with E-state index < -0.39 is 0 Å². The van der Waals surface area contributed by atoms with Crippen LogP contribution >= 0.6 is 11.3 Å². The first kappa shape index (κ1) is 6.16. The number of rotatable bonds is 3. The molecule has 1 saturated carbocycles. The van der Waals surface area contributed by atoms with Crippen molar-refractivity contribution in [2.24, 2.45) is 5.92 Å². The normalized spacial score (nSPS) is 17.2. The van der Waals surface area contributed by atoms with Crippen LogP contribution in [-0.4, -0.2) is 11.6 Å². The van der Waals surface area contributed by atoms with Gasteiger partial charge in [-0.2, -0.15) is 0 Å². The number of nitrogens with zero attached hydrogens (tertiary/aromatic N) is 1. The highest BCUT2D eigenvalue weighted by molar-refractivity contribution is 7.11. The molecule has 54 valence electrons. The third kappa shape index (κ3) is 1.48. The predicted octanol–water partition coefficient (Wildman–Crippen LogP) is 1.93. The molecule has 2 rings (SSSR count). The lowest BCUT2D eigenvalue weighted by molar-refractivity contribution is 0.298. The maximum Gasteiger partial charge on any atom is 0.273 e. The van der Waals surface area contributed by atoms with Crippen molar-refractivity contribution < 1.29 is 4.74 Å². The van der Waals surface area contributed by atoms with E-state index in [0.29, 0.717) is 0 Å². The minimum atomic E-state index is 0.812. The first-order valence-corrected chi connectivity index (χ1v) is 4.35. The van der Waals surface area contributed by atoms with Gasteiger partial charge in [-0.3, -0.25) is 0 Å². The van der Waals surface area contributed by atoms with Crippen LogP contribution in [0.5, 0.6) is 5.19 Å². The second kappa shape index (κ2) is 2.58. The Morgan fingerprint density at radius 2 is 2.60 bits per heavy atom. The second-order valence-electron chi connectivity index (χ2n) is 2.55. The lowest BCUT2D eigenvalue weighted by Crippen LogP contribution is -1.97. The van der Waals surface area contributed by atoms with Crippen LogP contribution in [0, 0.1) is 5.92 Å². The highest BCUT2D eigenvalue weighted by Gasteiger charge is 2.22. The molecule has 1 heterocycles. The van der Waals surface area contributed by atoms with Crippen LogP contribution in [0.15, 0.2) is 11.6 Å². The molecular formula is C7H9NOS. The molecule has 3 heteroatoms. The fraction of sp³-hybridized carbons (Fsp3) is 0.571. The van der Waals surface area contributed by atoms with E-state index in [9.17, 15) is 0 Å². The summed E-state index contributed by atoms with van der Waals surface area (Å²) in [7, 11) is 0. The van der Waals surface area contributed by atoms with E-state index in [0.717, 1.165) is 17.7 Å². The van der Waals surface area contributed by atoms with E-state index in [2.05, 4.69) is 4.98 Å². The average molecular weight is 155 g/mol. The van der Waals surface area contributed by atoms with Crippen molar-refractivity contribution in [1.82, 2.24) is 4.98 Å². The molecule has 0 bridgehead atoms. The van der Waals surface area contributed by atoms with Crippen molar-refractivity contribution in [2.45, 2.75) is 12.8 Å². The van der Waals surface area contributed by atoms with Crippen LogP contribution in [-0.2, 0) is 0 Å². The molecule has 0 aliphatic heterocycles. The minimum Gasteiger partial charge on any atom is -0.470 e. The maximum atomic E-state index is 5.38. The second-order valence-corrected chi connectivity index (χ2v) is 3.41. The Balaban J connectivity index is 1.79. The Bertz CT molecular complexity index is 193. The van der Waals surface area contributed by atoms with Crippen LogP contribution in [0.25, 0.3) is 0 Å². The van der Waals surface area contributed by atoms with E-state index in [-0.39, 0.29) is 0 Å². The van der Waals surface area contributed by atoms with E-state index in [4.69, 9.17) is 4.74 Å². The van der Waals surface area contributed by atoms with Crippen LogP contribution < -0.4 is 4.74 Å². The fourth-order valence-corrected chi connectivity index (χ4v) is 1.25. The summed E-state index contributed by atoms with van der Waals surface area (Å²) in [5, 5.41) is 2.74. The highest BCUT2D eigenvalue weighted by Crippen LogP contribution is 2.29. The summed E-state index contributed by atoms with van der Waals surface area (Å²) < 4.78 is 5.38. The van der Waals surface area contributed by atoms with Gasteiger partial charge in [-0.15, -0.1) is 0 Å². The third-order valence-electron chi connectivity index (χ3n) is 1.55. The Kier molecular flexibility index (Phi) is 1.59. The topological polar surface area (TPSA) is 22.1 Å². The van der Waals surface area contributed by atoms with Crippen molar-refractivity contribution in [3.8, 4) is 5.19 Å². The lowest BCUT2D eigenvalue weighted by Gasteiger charge is -1.97. The van der Waals surface area contributed by atoms with Gasteiger partial charge in [0, 0.05) is 11.6 Å². The molecule has 1 aromatic rings. The summed E-state index contributed by atoms with van der Waals surface area (Å²) in [6.07, 6.45) is 4.45. The van der Waals surface area contributed by atoms with Gasteiger partial charge in [-0.05, 0) is 18.8 Å². The quantitative estimate of drug-likeness (QED) is 0.665. The van der Waals surface area contributed by atoms with E-state index in [1.807, 2.05) is 5.38 Å². The summed E-state index contributed by atoms with van der Waals surface area (Å²) in [4.78, 5) is 4.01. The SMILES string of the molecule is c1csc(OCC2CC2)n1. The monoisotopic (exact) mass is 155 g/mol. The first-order chi connectivity index (χ1) is 4.95. The molecule has 0 radical (unpaired) electrons. The first-order valence-electron chi connectivity index (χ1n) is 3.47. The van der Waals surface area contributed by atoms with Gasteiger partial charge >= 0.3 is 0 Å². The molecule has 0 unspecified atom stereocenters. The van der Waals surface area contributed by atoms with E-state index in [1.54, 1.807) is 17.5 Å². The average Bonchev–Trinajstić information content (AvgIpc) is 2.63. The largest absolute Gasteiger partial charge is 0.470 e. The summed E-state index contributed by atoms with van der Waals surface area (Å²) in [6, 6.07) is 0.